The van der Waals surface area contributed by atoms with Crippen LogP contribution in [0.5, 0.6) is 0 Å². The lowest BCUT2D eigenvalue weighted by Crippen LogP contribution is -2.35. The molecule has 1 atom stereocenters. The summed E-state index contributed by atoms with van der Waals surface area (Å²) >= 11 is 0. The van der Waals surface area contributed by atoms with Crippen molar-refractivity contribution in [2.75, 3.05) is 19.8 Å². The third-order valence-corrected chi connectivity index (χ3v) is 3.81. The molecular weight excluding hydrogens is 242 g/mol. The molecule has 0 aromatic carbocycles. The smallest absolute Gasteiger partial charge is 0.410 e. The number of nitrogens with zero attached hydrogens (tertiary/aromatic N) is 1. The quantitative estimate of drug-likeness (QED) is 0.586. The molecule has 0 bridgehead atoms. The first-order valence-electron chi connectivity index (χ1n) is 7.83. The molecule has 4 nitrogen and oxygen atoms in total. The molecule has 1 saturated heterocycles. The molecule has 1 rings (SSSR count). The van der Waals surface area contributed by atoms with Crippen LogP contribution in [0.1, 0.15) is 64.7 Å². The van der Waals surface area contributed by atoms with Crippen LogP contribution in [0.2, 0.25) is 0 Å². The molecule has 0 aromatic heterocycles. The topological polar surface area (TPSA) is 49.8 Å². The lowest BCUT2D eigenvalue weighted by atomic mass is 10.0. The van der Waals surface area contributed by atoms with E-state index in [4.69, 9.17) is 9.84 Å². The Hall–Kier alpha value is -0.770. The summed E-state index contributed by atoms with van der Waals surface area (Å²) in [6.07, 6.45) is 11.1. The van der Waals surface area contributed by atoms with Gasteiger partial charge < -0.3 is 9.84 Å². The number of amides is 1. The van der Waals surface area contributed by atoms with Crippen molar-refractivity contribution in [1.82, 2.24) is 4.90 Å². The van der Waals surface area contributed by atoms with Gasteiger partial charge in [-0.05, 0) is 6.42 Å². The van der Waals surface area contributed by atoms with Gasteiger partial charge in [-0.25, -0.2) is 4.79 Å². The number of ether oxygens (including phenoxy) is 1. The Labute approximate surface area is 117 Å². The molecule has 0 aliphatic carbocycles. The van der Waals surface area contributed by atoms with Crippen molar-refractivity contribution in [3.63, 3.8) is 0 Å². The summed E-state index contributed by atoms with van der Waals surface area (Å²) in [5.41, 5.74) is 0. The van der Waals surface area contributed by atoms with Crippen LogP contribution in [0, 0.1) is 0 Å². The Morgan fingerprint density at radius 2 is 1.79 bits per heavy atom. The van der Waals surface area contributed by atoms with Gasteiger partial charge in [0.1, 0.15) is 6.61 Å². The predicted molar refractivity (Wildman–Crippen MR) is 76.2 cm³/mol. The summed E-state index contributed by atoms with van der Waals surface area (Å²) in [6, 6.07) is 0.180. The van der Waals surface area contributed by atoms with Crippen LogP contribution in [0.3, 0.4) is 0 Å². The minimum atomic E-state index is -0.265. The van der Waals surface area contributed by atoms with Crippen molar-refractivity contribution in [2.24, 2.45) is 0 Å². The van der Waals surface area contributed by atoms with Crippen LogP contribution in [0.15, 0.2) is 0 Å². The maximum Gasteiger partial charge on any atom is 0.410 e. The maximum absolute atomic E-state index is 11.4. The van der Waals surface area contributed by atoms with Crippen LogP contribution < -0.4 is 0 Å². The molecule has 0 saturated carbocycles. The van der Waals surface area contributed by atoms with Crippen LogP contribution >= 0.6 is 0 Å². The second-order valence-electron chi connectivity index (χ2n) is 5.41. The van der Waals surface area contributed by atoms with E-state index in [0.29, 0.717) is 13.2 Å². The fourth-order valence-electron chi connectivity index (χ4n) is 2.62. The van der Waals surface area contributed by atoms with E-state index in [9.17, 15) is 4.79 Å². The molecule has 0 radical (unpaired) electrons. The Bertz CT molecular complexity index is 246. The first kappa shape index (κ1) is 16.3. The van der Waals surface area contributed by atoms with Crippen molar-refractivity contribution in [2.45, 2.75) is 70.8 Å². The minimum Gasteiger partial charge on any atom is -0.447 e. The summed E-state index contributed by atoms with van der Waals surface area (Å²) in [6.45, 7) is 3.15. The summed E-state index contributed by atoms with van der Waals surface area (Å²) in [5, 5.41) is 8.93. The highest BCUT2D eigenvalue weighted by molar-refractivity contribution is 5.70. The summed E-state index contributed by atoms with van der Waals surface area (Å²) < 4.78 is 5.03. The van der Waals surface area contributed by atoms with Crippen LogP contribution in [-0.4, -0.2) is 41.9 Å². The van der Waals surface area contributed by atoms with Crippen molar-refractivity contribution < 1.29 is 14.6 Å². The van der Waals surface area contributed by atoms with E-state index in [1.54, 1.807) is 4.90 Å². The van der Waals surface area contributed by atoms with Crippen molar-refractivity contribution in [1.29, 1.82) is 0 Å². The molecule has 19 heavy (non-hydrogen) atoms. The summed E-state index contributed by atoms with van der Waals surface area (Å²) in [5.74, 6) is 0. The van der Waals surface area contributed by atoms with Gasteiger partial charge in [-0.2, -0.15) is 0 Å². The van der Waals surface area contributed by atoms with Gasteiger partial charge in [0, 0.05) is 6.54 Å². The largest absolute Gasteiger partial charge is 0.447 e. The number of aliphatic hydroxyl groups excluding tert-OH is 1. The SMILES string of the molecule is CCCCCCCCCCC1COC(=O)N1CCO. The Kier molecular flexibility index (Phi) is 8.63. The third kappa shape index (κ3) is 6.28. The zero-order valence-corrected chi connectivity index (χ0v) is 12.3. The number of cyclic esters (lactones) is 1. The second-order valence-corrected chi connectivity index (χ2v) is 5.41. The normalized spacial score (nSPS) is 18.9. The van der Waals surface area contributed by atoms with E-state index >= 15 is 0 Å². The highest BCUT2D eigenvalue weighted by Crippen LogP contribution is 2.18. The molecule has 1 aliphatic rings. The second kappa shape index (κ2) is 10.1. The van der Waals surface area contributed by atoms with Gasteiger partial charge in [-0.1, -0.05) is 58.3 Å². The van der Waals surface area contributed by atoms with Gasteiger partial charge in [0.15, 0.2) is 0 Å². The maximum atomic E-state index is 11.4. The average Bonchev–Trinajstić information content (AvgIpc) is 2.75. The van der Waals surface area contributed by atoms with Crippen molar-refractivity contribution in [3.05, 3.63) is 0 Å². The number of hydrogen-bond acceptors (Lipinski definition) is 3. The lowest BCUT2D eigenvalue weighted by Gasteiger charge is -2.19. The number of carbonyl (C=O) groups excluding carboxylic acids is 1. The predicted octanol–water partition coefficient (Wildman–Crippen LogP) is 3.33. The van der Waals surface area contributed by atoms with Gasteiger partial charge in [0.25, 0.3) is 0 Å². The monoisotopic (exact) mass is 271 g/mol. The molecule has 1 fully saturated rings. The molecule has 1 amide bonds. The zero-order valence-electron chi connectivity index (χ0n) is 12.3. The standard InChI is InChI=1S/C15H29NO3/c1-2-3-4-5-6-7-8-9-10-14-13-19-15(18)16(14)11-12-17/h14,17H,2-13H2,1H3. The van der Waals surface area contributed by atoms with Crippen LogP contribution in [0.4, 0.5) is 4.79 Å². The fraction of sp³-hybridized carbons (Fsp3) is 0.933. The fourth-order valence-corrected chi connectivity index (χ4v) is 2.62. The van der Waals surface area contributed by atoms with Gasteiger partial charge in [-0.3, -0.25) is 4.90 Å². The molecule has 1 aliphatic heterocycles. The summed E-state index contributed by atoms with van der Waals surface area (Å²) in [4.78, 5) is 13.1. The van der Waals surface area contributed by atoms with Gasteiger partial charge in [0.2, 0.25) is 0 Å². The minimum absolute atomic E-state index is 0.0169. The van der Waals surface area contributed by atoms with E-state index in [1.165, 1.54) is 44.9 Å². The van der Waals surface area contributed by atoms with Crippen LogP contribution in [-0.2, 0) is 4.74 Å². The zero-order chi connectivity index (χ0) is 13.9. The number of carbonyl (C=O) groups is 1. The van der Waals surface area contributed by atoms with E-state index < -0.39 is 0 Å². The number of hydrogen-bond donors (Lipinski definition) is 1. The Balaban J connectivity index is 2.01. The summed E-state index contributed by atoms with van der Waals surface area (Å²) in [7, 11) is 0. The number of unbranched alkanes of at least 4 members (excludes halogenated alkanes) is 7. The van der Waals surface area contributed by atoms with Crippen LogP contribution in [0.25, 0.3) is 0 Å². The van der Waals surface area contributed by atoms with Gasteiger partial charge >= 0.3 is 6.09 Å². The van der Waals surface area contributed by atoms with Crippen molar-refractivity contribution in [3.8, 4) is 0 Å². The van der Waals surface area contributed by atoms with E-state index in [-0.39, 0.29) is 18.7 Å². The average molecular weight is 271 g/mol. The molecular formula is C15H29NO3. The Morgan fingerprint density at radius 1 is 1.16 bits per heavy atom. The molecule has 0 aromatic rings. The molecule has 4 heteroatoms. The number of rotatable bonds is 11. The highest BCUT2D eigenvalue weighted by atomic mass is 16.6. The van der Waals surface area contributed by atoms with Gasteiger partial charge in [0.05, 0.1) is 12.6 Å². The van der Waals surface area contributed by atoms with E-state index in [1.807, 2.05) is 0 Å². The molecule has 0 spiro atoms. The first-order valence-corrected chi connectivity index (χ1v) is 7.83. The van der Waals surface area contributed by atoms with E-state index in [0.717, 1.165) is 12.8 Å². The van der Waals surface area contributed by atoms with E-state index in [2.05, 4.69) is 6.92 Å². The molecule has 1 N–H and O–H groups in total. The molecule has 112 valence electrons. The van der Waals surface area contributed by atoms with Gasteiger partial charge in [-0.15, -0.1) is 0 Å². The number of β-amino-alcohol motifs (C(OH)–C–C–N with tert-alkyl or cyclic N) is 1. The highest BCUT2D eigenvalue weighted by Gasteiger charge is 2.31. The van der Waals surface area contributed by atoms with Crippen molar-refractivity contribution >= 4 is 6.09 Å². The third-order valence-electron chi connectivity index (χ3n) is 3.81. The number of aliphatic hydroxyl groups is 1. The Morgan fingerprint density at radius 3 is 2.42 bits per heavy atom. The lowest BCUT2D eigenvalue weighted by molar-refractivity contribution is 0.148. The molecule has 1 unspecified atom stereocenters. The first-order chi connectivity index (χ1) is 9.29. The molecule has 1 heterocycles.